The summed E-state index contributed by atoms with van der Waals surface area (Å²) >= 11 is 0. The summed E-state index contributed by atoms with van der Waals surface area (Å²) in [7, 11) is 4.04. The summed E-state index contributed by atoms with van der Waals surface area (Å²) in [6.45, 7) is 2.53. The standard InChI is InChI=1S/C13H19NO3/c1-9-6-12-13(17-8-16-12)7-10(9)11(4-5-15)14(2)3/h6-7,11,15H,4-5,8H2,1-3H3. The highest BCUT2D eigenvalue weighted by Gasteiger charge is 2.21. The average molecular weight is 237 g/mol. The lowest BCUT2D eigenvalue weighted by atomic mass is 9.97. The van der Waals surface area contributed by atoms with Gasteiger partial charge in [-0.25, -0.2) is 0 Å². The Bertz CT molecular complexity index is 404. The molecule has 0 aromatic heterocycles. The largest absolute Gasteiger partial charge is 0.454 e. The number of rotatable bonds is 4. The molecule has 0 spiro atoms. The third-order valence-corrected chi connectivity index (χ3v) is 3.15. The molecular weight excluding hydrogens is 218 g/mol. The third-order valence-electron chi connectivity index (χ3n) is 3.15. The highest BCUT2D eigenvalue weighted by Crippen LogP contribution is 2.38. The van der Waals surface area contributed by atoms with Crippen LogP contribution in [-0.4, -0.2) is 37.5 Å². The van der Waals surface area contributed by atoms with Crippen molar-refractivity contribution in [3.8, 4) is 11.5 Å². The molecule has 4 heteroatoms. The summed E-state index contributed by atoms with van der Waals surface area (Å²) in [6.07, 6.45) is 0.716. The van der Waals surface area contributed by atoms with Gasteiger partial charge in [0.1, 0.15) is 0 Å². The van der Waals surface area contributed by atoms with Crippen molar-refractivity contribution in [1.29, 1.82) is 0 Å². The molecular formula is C13H19NO3. The summed E-state index contributed by atoms with van der Waals surface area (Å²) in [6, 6.07) is 4.23. The number of fused-ring (bicyclic) bond motifs is 1. The molecule has 1 atom stereocenters. The molecule has 2 rings (SSSR count). The summed E-state index contributed by atoms with van der Waals surface area (Å²) in [5.74, 6) is 1.61. The molecule has 0 saturated carbocycles. The number of ether oxygens (including phenoxy) is 2. The molecule has 1 aliphatic rings. The highest BCUT2D eigenvalue weighted by atomic mass is 16.7. The van der Waals surface area contributed by atoms with Crippen LogP contribution < -0.4 is 9.47 Å². The molecule has 0 saturated heterocycles. The van der Waals surface area contributed by atoms with Crippen LogP contribution in [0.15, 0.2) is 12.1 Å². The van der Waals surface area contributed by atoms with E-state index in [1.54, 1.807) is 0 Å². The Labute approximate surface area is 102 Å². The van der Waals surface area contributed by atoms with Gasteiger partial charge < -0.3 is 19.5 Å². The van der Waals surface area contributed by atoms with Crippen molar-refractivity contribution in [2.75, 3.05) is 27.5 Å². The normalized spacial score (nSPS) is 15.4. The molecule has 1 N–H and O–H groups in total. The van der Waals surface area contributed by atoms with Crippen molar-refractivity contribution in [2.24, 2.45) is 0 Å². The maximum atomic E-state index is 9.15. The second-order valence-corrected chi connectivity index (χ2v) is 4.55. The fourth-order valence-corrected chi connectivity index (χ4v) is 2.23. The van der Waals surface area contributed by atoms with Gasteiger partial charge in [0.25, 0.3) is 0 Å². The van der Waals surface area contributed by atoms with Gasteiger partial charge in [-0.1, -0.05) is 0 Å². The number of hydrogen-bond donors (Lipinski definition) is 1. The van der Waals surface area contributed by atoms with E-state index in [0.717, 1.165) is 11.5 Å². The van der Waals surface area contributed by atoms with Gasteiger partial charge in [-0.15, -0.1) is 0 Å². The van der Waals surface area contributed by atoms with Crippen LogP contribution in [0.4, 0.5) is 0 Å². The van der Waals surface area contributed by atoms with Crippen molar-refractivity contribution in [3.05, 3.63) is 23.3 Å². The SMILES string of the molecule is Cc1cc2c(cc1C(CCO)N(C)C)OCO2. The third kappa shape index (κ3) is 2.37. The van der Waals surface area contributed by atoms with Crippen LogP contribution in [0.5, 0.6) is 11.5 Å². The van der Waals surface area contributed by atoms with Gasteiger partial charge in [-0.2, -0.15) is 0 Å². The molecule has 0 fully saturated rings. The van der Waals surface area contributed by atoms with Crippen molar-refractivity contribution >= 4 is 0 Å². The summed E-state index contributed by atoms with van der Waals surface area (Å²) in [5, 5.41) is 9.15. The van der Waals surface area contributed by atoms with Gasteiger partial charge in [0, 0.05) is 12.6 Å². The smallest absolute Gasteiger partial charge is 0.231 e. The highest BCUT2D eigenvalue weighted by molar-refractivity contribution is 5.49. The van der Waals surface area contributed by atoms with Crippen LogP contribution in [0.25, 0.3) is 0 Å². The topological polar surface area (TPSA) is 41.9 Å². The second kappa shape index (κ2) is 4.94. The monoisotopic (exact) mass is 237 g/mol. The summed E-state index contributed by atoms with van der Waals surface area (Å²) < 4.78 is 10.7. The lowest BCUT2D eigenvalue weighted by molar-refractivity contribution is 0.173. The maximum Gasteiger partial charge on any atom is 0.231 e. The van der Waals surface area contributed by atoms with Crippen LogP contribution in [0, 0.1) is 6.92 Å². The minimum absolute atomic E-state index is 0.177. The van der Waals surface area contributed by atoms with E-state index in [1.807, 2.05) is 26.2 Å². The van der Waals surface area contributed by atoms with E-state index < -0.39 is 0 Å². The van der Waals surface area contributed by atoms with Crippen LogP contribution >= 0.6 is 0 Å². The van der Waals surface area contributed by atoms with E-state index >= 15 is 0 Å². The summed E-state index contributed by atoms with van der Waals surface area (Å²) in [5.41, 5.74) is 2.36. The average Bonchev–Trinajstić information content (AvgIpc) is 2.71. The van der Waals surface area contributed by atoms with Crippen molar-refractivity contribution in [2.45, 2.75) is 19.4 Å². The Kier molecular flexibility index (Phi) is 3.54. The number of aliphatic hydroxyl groups is 1. The Balaban J connectivity index is 2.36. The Morgan fingerprint density at radius 1 is 1.29 bits per heavy atom. The van der Waals surface area contributed by atoms with Gasteiger partial charge in [-0.3, -0.25) is 0 Å². The molecule has 4 nitrogen and oxygen atoms in total. The van der Waals surface area contributed by atoms with Crippen molar-refractivity contribution in [1.82, 2.24) is 4.90 Å². The molecule has 0 aliphatic carbocycles. The number of hydrogen-bond acceptors (Lipinski definition) is 4. The van der Waals surface area contributed by atoms with Crippen molar-refractivity contribution in [3.63, 3.8) is 0 Å². The number of benzene rings is 1. The predicted molar refractivity (Wildman–Crippen MR) is 65.4 cm³/mol. The molecule has 94 valence electrons. The number of nitrogens with zero attached hydrogens (tertiary/aromatic N) is 1. The fourth-order valence-electron chi connectivity index (χ4n) is 2.23. The lowest BCUT2D eigenvalue weighted by Gasteiger charge is -2.25. The van der Waals surface area contributed by atoms with Gasteiger partial charge in [0.05, 0.1) is 0 Å². The predicted octanol–water partition coefficient (Wildman–Crippen LogP) is 1.71. The van der Waals surface area contributed by atoms with E-state index in [2.05, 4.69) is 11.8 Å². The molecule has 1 aliphatic heterocycles. The first-order chi connectivity index (χ1) is 8.13. The zero-order valence-electron chi connectivity index (χ0n) is 10.6. The maximum absolute atomic E-state index is 9.15. The van der Waals surface area contributed by atoms with E-state index in [4.69, 9.17) is 14.6 Å². The first-order valence-corrected chi connectivity index (χ1v) is 5.81. The summed E-state index contributed by atoms with van der Waals surface area (Å²) in [4.78, 5) is 2.11. The van der Waals surface area contributed by atoms with E-state index in [0.29, 0.717) is 13.2 Å². The van der Waals surface area contributed by atoms with Crippen LogP contribution in [-0.2, 0) is 0 Å². The second-order valence-electron chi connectivity index (χ2n) is 4.55. The van der Waals surface area contributed by atoms with Gasteiger partial charge in [-0.05, 0) is 50.7 Å². The van der Waals surface area contributed by atoms with Crippen LogP contribution in [0.1, 0.15) is 23.6 Å². The molecule has 17 heavy (non-hydrogen) atoms. The minimum Gasteiger partial charge on any atom is -0.454 e. The molecule has 1 aromatic rings. The van der Waals surface area contributed by atoms with E-state index in [-0.39, 0.29) is 12.6 Å². The van der Waals surface area contributed by atoms with Crippen molar-refractivity contribution < 1.29 is 14.6 Å². The van der Waals surface area contributed by atoms with Gasteiger partial charge in [0.2, 0.25) is 6.79 Å². The Morgan fingerprint density at radius 3 is 2.53 bits per heavy atom. The number of aliphatic hydroxyl groups excluding tert-OH is 1. The molecule has 1 heterocycles. The number of aryl methyl sites for hydroxylation is 1. The fraction of sp³-hybridized carbons (Fsp3) is 0.538. The minimum atomic E-state index is 0.177. The van der Waals surface area contributed by atoms with E-state index in [9.17, 15) is 0 Å². The molecule has 0 radical (unpaired) electrons. The lowest BCUT2D eigenvalue weighted by Crippen LogP contribution is -2.21. The van der Waals surface area contributed by atoms with Crippen LogP contribution in [0.2, 0.25) is 0 Å². The zero-order chi connectivity index (χ0) is 12.4. The molecule has 1 unspecified atom stereocenters. The molecule has 0 amide bonds. The molecule has 0 bridgehead atoms. The quantitative estimate of drug-likeness (QED) is 0.865. The molecule has 1 aromatic carbocycles. The zero-order valence-corrected chi connectivity index (χ0v) is 10.6. The van der Waals surface area contributed by atoms with Gasteiger partial charge >= 0.3 is 0 Å². The Hall–Kier alpha value is -1.26. The first-order valence-electron chi connectivity index (χ1n) is 5.81. The van der Waals surface area contributed by atoms with Crippen LogP contribution in [0.3, 0.4) is 0 Å². The first kappa shape index (κ1) is 12.2. The Morgan fingerprint density at radius 2 is 1.94 bits per heavy atom. The van der Waals surface area contributed by atoms with E-state index in [1.165, 1.54) is 11.1 Å². The van der Waals surface area contributed by atoms with Gasteiger partial charge in [0.15, 0.2) is 11.5 Å².